The van der Waals surface area contributed by atoms with Gasteiger partial charge in [0.15, 0.2) is 0 Å². The summed E-state index contributed by atoms with van der Waals surface area (Å²) < 4.78 is 4.67. The first kappa shape index (κ1) is 20.4. The molecule has 2 fully saturated rings. The lowest BCUT2D eigenvalue weighted by Crippen LogP contribution is -2.41. The zero-order valence-corrected chi connectivity index (χ0v) is 16.5. The van der Waals surface area contributed by atoms with Crippen molar-refractivity contribution in [2.24, 2.45) is 11.8 Å². The Kier molecular flexibility index (Phi) is 7.06. The van der Waals surface area contributed by atoms with E-state index in [0.717, 1.165) is 38.5 Å². The maximum Gasteiger partial charge on any atom is 0.337 e. The Morgan fingerprint density at radius 1 is 0.821 bits per heavy atom. The van der Waals surface area contributed by atoms with Crippen LogP contribution in [-0.2, 0) is 14.3 Å². The fourth-order valence-corrected chi connectivity index (χ4v) is 4.24. The SMILES string of the molecule is COC(=O)c1ccc(NC(=O)C2CCC(C(=O)NC3CCCCC3)CC2)cc1. The molecular weight excluding hydrogens is 356 g/mol. The van der Waals surface area contributed by atoms with Crippen molar-refractivity contribution in [3.63, 3.8) is 0 Å². The molecule has 0 unspecified atom stereocenters. The van der Waals surface area contributed by atoms with Crippen LogP contribution in [0.2, 0.25) is 0 Å². The highest BCUT2D eigenvalue weighted by molar-refractivity contribution is 5.94. The van der Waals surface area contributed by atoms with Crippen molar-refractivity contribution in [3.8, 4) is 0 Å². The number of methoxy groups -OCH3 is 1. The maximum atomic E-state index is 12.5. The summed E-state index contributed by atoms with van der Waals surface area (Å²) in [6.07, 6.45) is 8.87. The molecule has 0 spiro atoms. The van der Waals surface area contributed by atoms with Crippen LogP contribution >= 0.6 is 0 Å². The minimum Gasteiger partial charge on any atom is -0.465 e. The predicted molar refractivity (Wildman–Crippen MR) is 107 cm³/mol. The van der Waals surface area contributed by atoms with Gasteiger partial charge in [0.1, 0.15) is 0 Å². The summed E-state index contributed by atoms with van der Waals surface area (Å²) in [7, 11) is 1.34. The predicted octanol–water partition coefficient (Wildman–Crippen LogP) is 3.67. The highest BCUT2D eigenvalue weighted by Crippen LogP contribution is 2.30. The monoisotopic (exact) mass is 386 g/mol. The first-order valence-electron chi connectivity index (χ1n) is 10.4. The minimum absolute atomic E-state index is 0.0167. The van der Waals surface area contributed by atoms with E-state index in [1.54, 1.807) is 24.3 Å². The Bertz CT molecular complexity index is 687. The van der Waals surface area contributed by atoms with Crippen LogP contribution < -0.4 is 10.6 Å². The molecule has 1 aromatic rings. The standard InChI is InChI=1S/C22H30N2O4/c1-28-22(27)17-11-13-19(14-12-17)24-21(26)16-9-7-15(8-10-16)20(25)23-18-5-3-2-4-6-18/h11-16,18H,2-10H2,1H3,(H,23,25)(H,24,26). The number of ether oxygens (including phenoxy) is 1. The molecule has 0 heterocycles. The van der Waals surface area contributed by atoms with Gasteiger partial charge in [0.25, 0.3) is 0 Å². The quantitative estimate of drug-likeness (QED) is 0.756. The lowest BCUT2D eigenvalue weighted by molar-refractivity contribution is -0.129. The van der Waals surface area contributed by atoms with E-state index in [1.165, 1.54) is 26.4 Å². The number of nitrogens with one attached hydrogen (secondary N) is 2. The second-order valence-electron chi connectivity index (χ2n) is 7.95. The van der Waals surface area contributed by atoms with Crippen molar-refractivity contribution in [1.29, 1.82) is 0 Å². The second kappa shape index (κ2) is 9.71. The number of anilines is 1. The summed E-state index contributed by atoms with van der Waals surface area (Å²) in [5, 5.41) is 6.13. The molecule has 3 rings (SSSR count). The van der Waals surface area contributed by atoms with E-state index in [0.29, 0.717) is 17.3 Å². The molecule has 2 aliphatic carbocycles. The molecule has 0 radical (unpaired) electrons. The molecule has 0 aromatic heterocycles. The van der Waals surface area contributed by atoms with Crippen molar-refractivity contribution in [1.82, 2.24) is 5.32 Å². The van der Waals surface area contributed by atoms with Gasteiger partial charge in [-0.25, -0.2) is 4.79 Å². The van der Waals surface area contributed by atoms with Crippen LogP contribution in [0.5, 0.6) is 0 Å². The first-order valence-corrected chi connectivity index (χ1v) is 10.4. The number of carbonyl (C=O) groups excluding carboxylic acids is 3. The van der Waals surface area contributed by atoms with E-state index in [1.807, 2.05) is 0 Å². The summed E-state index contributed by atoms with van der Waals surface area (Å²) in [5.74, 6) is -0.284. The number of amides is 2. The Morgan fingerprint density at radius 3 is 1.96 bits per heavy atom. The molecular formula is C22H30N2O4. The first-order chi connectivity index (χ1) is 13.6. The van der Waals surface area contributed by atoms with Crippen LogP contribution in [-0.4, -0.2) is 30.9 Å². The van der Waals surface area contributed by atoms with Crippen LogP contribution in [0.15, 0.2) is 24.3 Å². The third-order valence-corrected chi connectivity index (χ3v) is 5.99. The van der Waals surface area contributed by atoms with Crippen molar-refractivity contribution in [2.75, 3.05) is 12.4 Å². The molecule has 2 amide bonds. The molecule has 0 aliphatic heterocycles. The molecule has 6 nitrogen and oxygen atoms in total. The number of hydrogen-bond donors (Lipinski definition) is 2. The normalized spacial score (nSPS) is 22.9. The third kappa shape index (κ3) is 5.33. The fourth-order valence-electron chi connectivity index (χ4n) is 4.24. The number of rotatable bonds is 5. The van der Waals surface area contributed by atoms with Crippen LogP contribution in [0.3, 0.4) is 0 Å². The number of benzene rings is 1. The zero-order valence-electron chi connectivity index (χ0n) is 16.5. The van der Waals surface area contributed by atoms with E-state index in [2.05, 4.69) is 15.4 Å². The van der Waals surface area contributed by atoms with Gasteiger partial charge in [-0.1, -0.05) is 19.3 Å². The summed E-state index contributed by atoms with van der Waals surface area (Å²) in [6.45, 7) is 0. The number of esters is 1. The molecule has 2 aliphatic rings. The van der Waals surface area contributed by atoms with Gasteiger partial charge in [-0.3, -0.25) is 9.59 Å². The number of carbonyl (C=O) groups is 3. The Labute approximate surface area is 166 Å². The highest BCUT2D eigenvalue weighted by Gasteiger charge is 2.31. The van der Waals surface area contributed by atoms with E-state index in [4.69, 9.17) is 0 Å². The van der Waals surface area contributed by atoms with Crippen molar-refractivity contribution in [3.05, 3.63) is 29.8 Å². The Hall–Kier alpha value is -2.37. The van der Waals surface area contributed by atoms with Crippen molar-refractivity contribution in [2.45, 2.75) is 63.8 Å². The average molecular weight is 386 g/mol. The van der Waals surface area contributed by atoms with Crippen molar-refractivity contribution < 1.29 is 19.1 Å². The number of hydrogen-bond acceptors (Lipinski definition) is 4. The highest BCUT2D eigenvalue weighted by atomic mass is 16.5. The van der Waals surface area contributed by atoms with Gasteiger partial charge in [0.2, 0.25) is 11.8 Å². The lowest BCUT2D eigenvalue weighted by atomic mass is 9.80. The lowest BCUT2D eigenvalue weighted by Gasteiger charge is -2.29. The van der Waals surface area contributed by atoms with E-state index in [-0.39, 0.29) is 23.7 Å². The average Bonchev–Trinajstić information content (AvgIpc) is 2.74. The zero-order chi connectivity index (χ0) is 19.9. The summed E-state index contributed by atoms with van der Waals surface area (Å²) in [5.41, 5.74) is 1.11. The molecule has 28 heavy (non-hydrogen) atoms. The van der Waals surface area contributed by atoms with Gasteiger partial charge in [-0.15, -0.1) is 0 Å². The van der Waals surface area contributed by atoms with Gasteiger partial charge in [0.05, 0.1) is 12.7 Å². The van der Waals surface area contributed by atoms with E-state index in [9.17, 15) is 14.4 Å². The van der Waals surface area contributed by atoms with E-state index < -0.39 is 5.97 Å². The Morgan fingerprint density at radius 2 is 1.39 bits per heavy atom. The Balaban J connectivity index is 1.44. The maximum absolute atomic E-state index is 12.5. The van der Waals surface area contributed by atoms with Gasteiger partial charge in [0, 0.05) is 23.6 Å². The molecule has 2 saturated carbocycles. The van der Waals surface area contributed by atoms with Crippen LogP contribution in [0.25, 0.3) is 0 Å². The van der Waals surface area contributed by atoms with Crippen molar-refractivity contribution >= 4 is 23.5 Å². The topological polar surface area (TPSA) is 84.5 Å². The largest absolute Gasteiger partial charge is 0.465 e. The van der Waals surface area contributed by atoms with Crippen LogP contribution in [0.4, 0.5) is 5.69 Å². The molecule has 1 aromatic carbocycles. The third-order valence-electron chi connectivity index (χ3n) is 5.99. The van der Waals surface area contributed by atoms with E-state index >= 15 is 0 Å². The molecule has 0 atom stereocenters. The minimum atomic E-state index is -0.400. The van der Waals surface area contributed by atoms with Crippen LogP contribution in [0, 0.1) is 11.8 Å². The van der Waals surface area contributed by atoms with Gasteiger partial charge in [-0.2, -0.15) is 0 Å². The second-order valence-corrected chi connectivity index (χ2v) is 7.95. The van der Waals surface area contributed by atoms with Gasteiger partial charge >= 0.3 is 5.97 Å². The molecule has 152 valence electrons. The molecule has 6 heteroatoms. The fraction of sp³-hybridized carbons (Fsp3) is 0.591. The summed E-state index contributed by atoms with van der Waals surface area (Å²) in [6, 6.07) is 7.01. The molecule has 2 N–H and O–H groups in total. The van der Waals surface area contributed by atoms with Gasteiger partial charge in [-0.05, 0) is 62.8 Å². The molecule has 0 saturated heterocycles. The smallest absolute Gasteiger partial charge is 0.337 e. The summed E-state index contributed by atoms with van der Waals surface area (Å²) in [4.78, 5) is 36.5. The summed E-state index contributed by atoms with van der Waals surface area (Å²) >= 11 is 0. The van der Waals surface area contributed by atoms with Gasteiger partial charge < -0.3 is 15.4 Å². The van der Waals surface area contributed by atoms with Crippen LogP contribution in [0.1, 0.15) is 68.1 Å². The molecule has 0 bridgehead atoms.